The van der Waals surface area contributed by atoms with Gasteiger partial charge in [0.2, 0.25) is 0 Å². The highest BCUT2D eigenvalue weighted by Crippen LogP contribution is 2.30. The van der Waals surface area contributed by atoms with Gasteiger partial charge in [-0.3, -0.25) is 19.3 Å². The fourth-order valence-corrected chi connectivity index (χ4v) is 5.86. The Morgan fingerprint density at radius 3 is 2.85 bits per heavy atom. The maximum Gasteiger partial charge on any atom is 0.0862 e. The van der Waals surface area contributed by atoms with Crippen molar-refractivity contribution in [1.29, 1.82) is 0 Å². The van der Waals surface area contributed by atoms with Crippen LogP contribution < -0.4 is 4.72 Å². The van der Waals surface area contributed by atoms with E-state index in [4.69, 9.17) is 9.72 Å². The minimum Gasteiger partial charge on any atom is -0.377 e. The summed E-state index contributed by atoms with van der Waals surface area (Å²) in [5.74, 6) is 0.505. The minimum atomic E-state index is 0.297. The molecule has 34 heavy (non-hydrogen) atoms. The van der Waals surface area contributed by atoms with E-state index in [1.165, 1.54) is 17.6 Å². The van der Waals surface area contributed by atoms with Crippen LogP contribution in [0.1, 0.15) is 36.9 Å². The predicted octanol–water partition coefficient (Wildman–Crippen LogP) is 4.68. The van der Waals surface area contributed by atoms with E-state index in [1.807, 2.05) is 24.1 Å². The third-order valence-corrected chi connectivity index (χ3v) is 7.75. The lowest BCUT2D eigenvalue weighted by molar-refractivity contribution is -0.00309. The zero-order valence-corrected chi connectivity index (χ0v) is 21.0. The van der Waals surface area contributed by atoms with E-state index < -0.39 is 0 Å². The third-order valence-electron chi connectivity index (χ3n) is 7.21. The number of nitrogens with zero attached hydrogens (tertiary/aromatic N) is 4. The van der Waals surface area contributed by atoms with Crippen LogP contribution in [0, 0.1) is 5.92 Å². The van der Waals surface area contributed by atoms with Crippen molar-refractivity contribution in [2.24, 2.45) is 13.0 Å². The first-order chi connectivity index (χ1) is 16.7. The summed E-state index contributed by atoms with van der Waals surface area (Å²) < 4.78 is 12.0. The molecule has 1 fully saturated rings. The molecule has 180 valence electrons. The van der Waals surface area contributed by atoms with Crippen LogP contribution in [0.4, 0.5) is 0 Å². The monoisotopic (exact) mass is 477 g/mol. The van der Waals surface area contributed by atoms with Crippen molar-refractivity contribution in [2.75, 3.05) is 26.0 Å². The zero-order valence-electron chi connectivity index (χ0n) is 20.2. The molecule has 6 nitrogen and oxygen atoms in total. The van der Waals surface area contributed by atoms with E-state index >= 15 is 0 Å². The number of allylic oxidation sites excluding steroid dienone is 1. The van der Waals surface area contributed by atoms with Gasteiger partial charge in [-0.15, -0.1) is 0 Å². The SMILES string of the molecule is CSNC1CCN(Cc2ccccc2)CC1COC1CC=C(c2cc3cnn(C)c3cn2)CC1. The van der Waals surface area contributed by atoms with Crippen LogP contribution in [0.5, 0.6) is 0 Å². The number of nitrogens with one attached hydrogen (secondary N) is 1. The molecule has 1 aliphatic heterocycles. The molecule has 3 heterocycles. The summed E-state index contributed by atoms with van der Waals surface area (Å²) in [4.78, 5) is 7.28. The van der Waals surface area contributed by atoms with Crippen LogP contribution in [0.2, 0.25) is 0 Å². The molecule has 0 spiro atoms. The summed E-state index contributed by atoms with van der Waals surface area (Å²) in [7, 11) is 1.96. The highest BCUT2D eigenvalue weighted by Gasteiger charge is 2.30. The lowest BCUT2D eigenvalue weighted by Gasteiger charge is -2.39. The molecule has 0 saturated carbocycles. The fourth-order valence-electron chi connectivity index (χ4n) is 5.25. The standard InChI is InChI=1S/C27H35N5OS/c1-31-27-16-28-26(14-22(27)15-29-31)21-8-10-24(11-9-21)33-19-23-18-32(13-12-25(23)30-34-2)17-20-6-4-3-5-7-20/h3-8,14-16,23-25,30H,9-13,17-19H2,1-2H3. The number of hydrogen-bond acceptors (Lipinski definition) is 6. The average Bonchev–Trinajstić information content (AvgIpc) is 3.25. The quantitative estimate of drug-likeness (QED) is 0.476. The van der Waals surface area contributed by atoms with Crippen LogP contribution >= 0.6 is 11.9 Å². The van der Waals surface area contributed by atoms with Crippen LogP contribution in [-0.2, 0) is 18.3 Å². The van der Waals surface area contributed by atoms with E-state index in [0.29, 0.717) is 18.1 Å². The molecule has 1 saturated heterocycles. The van der Waals surface area contributed by atoms with Gasteiger partial charge >= 0.3 is 0 Å². The van der Waals surface area contributed by atoms with Gasteiger partial charge in [-0.2, -0.15) is 5.10 Å². The molecule has 7 heteroatoms. The number of likely N-dealkylation sites (tertiary alicyclic amines) is 1. The van der Waals surface area contributed by atoms with Gasteiger partial charge in [0.15, 0.2) is 0 Å². The van der Waals surface area contributed by atoms with E-state index in [-0.39, 0.29) is 0 Å². The number of ether oxygens (including phenoxy) is 1. The van der Waals surface area contributed by atoms with E-state index in [1.54, 1.807) is 11.9 Å². The maximum atomic E-state index is 6.50. The molecule has 1 N–H and O–H groups in total. The number of fused-ring (bicyclic) bond motifs is 1. The normalized spacial score (nSPS) is 23.8. The minimum absolute atomic E-state index is 0.297. The number of piperidine rings is 1. The van der Waals surface area contributed by atoms with Crippen molar-refractivity contribution < 1.29 is 4.74 Å². The lowest BCUT2D eigenvalue weighted by atomic mass is 9.92. The van der Waals surface area contributed by atoms with E-state index in [9.17, 15) is 0 Å². The summed E-state index contributed by atoms with van der Waals surface area (Å²) in [5.41, 5.74) is 4.87. The van der Waals surface area contributed by atoms with Crippen molar-refractivity contribution in [3.8, 4) is 0 Å². The number of aryl methyl sites for hydroxylation is 1. The molecule has 3 atom stereocenters. The van der Waals surface area contributed by atoms with Gasteiger partial charge in [0.05, 0.1) is 36.3 Å². The molecule has 3 aromatic rings. The maximum absolute atomic E-state index is 6.50. The fraction of sp³-hybridized carbons (Fsp3) is 0.481. The summed E-state index contributed by atoms with van der Waals surface area (Å²) in [6.45, 7) is 4.05. The Kier molecular flexibility index (Phi) is 7.64. The van der Waals surface area contributed by atoms with Gasteiger partial charge in [-0.1, -0.05) is 48.4 Å². The smallest absolute Gasteiger partial charge is 0.0862 e. The van der Waals surface area contributed by atoms with Gasteiger partial charge in [0.1, 0.15) is 0 Å². The van der Waals surface area contributed by atoms with E-state index in [2.05, 4.69) is 63.5 Å². The van der Waals surface area contributed by atoms with Gasteiger partial charge in [0.25, 0.3) is 0 Å². The van der Waals surface area contributed by atoms with E-state index in [0.717, 1.165) is 62.1 Å². The van der Waals surface area contributed by atoms with Crippen molar-refractivity contribution in [3.63, 3.8) is 0 Å². The number of benzene rings is 1. The summed E-state index contributed by atoms with van der Waals surface area (Å²) >= 11 is 1.73. The van der Waals surface area contributed by atoms with Crippen LogP contribution in [0.15, 0.2) is 54.9 Å². The molecule has 3 unspecified atom stereocenters. The summed E-state index contributed by atoms with van der Waals surface area (Å²) in [6.07, 6.45) is 12.8. The zero-order chi connectivity index (χ0) is 23.3. The van der Waals surface area contributed by atoms with Crippen molar-refractivity contribution in [1.82, 2.24) is 24.4 Å². The average molecular weight is 478 g/mol. The number of hydrogen-bond donors (Lipinski definition) is 1. The number of pyridine rings is 1. The first-order valence-electron chi connectivity index (χ1n) is 12.3. The highest BCUT2D eigenvalue weighted by molar-refractivity contribution is 7.96. The first kappa shape index (κ1) is 23.5. The van der Waals surface area contributed by atoms with Crippen LogP contribution in [0.25, 0.3) is 16.5 Å². The summed E-state index contributed by atoms with van der Waals surface area (Å²) in [5, 5.41) is 5.49. The van der Waals surface area contributed by atoms with Gasteiger partial charge in [-0.05, 0) is 49.1 Å². The topological polar surface area (TPSA) is 55.2 Å². The first-order valence-corrected chi connectivity index (χ1v) is 13.6. The molecule has 5 rings (SSSR count). The van der Waals surface area contributed by atoms with Crippen molar-refractivity contribution in [2.45, 2.75) is 44.4 Å². The Hall–Kier alpha value is -2.19. The summed E-state index contributed by atoms with van der Waals surface area (Å²) in [6, 6.07) is 13.5. The van der Waals surface area contributed by atoms with Crippen LogP contribution in [-0.4, -0.2) is 57.8 Å². The number of aromatic nitrogens is 3. The highest BCUT2D eigenvalue weighted by atomic mass is 32.2. The molecule has 2 aliphatic rings. The molecule has 1 aromatic carbocycles. The Morgan fingerprint density at radius 1 is 1.18 bits per heavy atom. The van der Waals surface area contributed by atoms with Gasteiger partial charge in [-0.25, -0.2) is 0 Å². The Bertz CT molecular complexity index is 1110. The molecule has 0 bridgehead atoms. The molecule has 1 aliphatic carbocycles. The lowest BCUT2D eigenvalue weighted by Crippen LogP contribution is -2.49. The number of rotatable bonds is 8. The molecule has 0 radical (unpaired) electrons. The van der Waals surface area contributed by atoms with Gasteiger partial charge in [0, 0.05) is 44.0 Å². The predicted molar refractivity (Wildman–Crippen MR) is 140 cm³/mol. The molecule has 0 amide bonds. The second kappa shape index (κ2) is 11.0. The van der Waals surface area contributed by atoms with Crippen molar-refractivity contribution >= 4 is 28.4 Å². The Morgan fingerprint density at radius 2 is 2.06 bits per heavy atom. The van der Waals surface area contributed by atoms with Crippen molar-refractivity contribution in [3.05, 3.63) is 66.1 Å². The van der Waals surface area contributed by atoms with Gasteiger partial charge < -0.3 is 4.74 Å². The largest absolute Gasteiger partial charge is 0.377 e. The Balaban J connectivity index is 1.17. The van der Waals surface area contributed by atoms with Crippen LogP contribution in [0.3, 0.4) is 0 Å². The Labute approximate surface area is 206 Å². The second-order valence-electron chi connectivity index (χ2n) is 9.55. The third kappa shape index (κ3) is 5.54. The second-order valence-corrected chi connectivity index (χ2v) is 10.2. The molecular weight excluding hydrogens is 442 g/mol. The molecule has 2 aromatic heterocycles. The molecular formula is C27H35N5OS.